The van der Waals surface area contributed by atoms with Crippen LogP contribution in [0.5, 0.6) is 0 Å². The fourth-order valence-electron chi connectivity index (χ4n) is 5.62. The number of amides is 2. The van der Waals surface area contributed by atoms with Crippen LogP contribution in [0.3, 0.4) is 0 Å². The number of Topliss-reactive ketones (excluding diaryl/α,β-unsaturated/α-hetero) is 1. The van der Waals surface area contributed by atoms with Crippen LogP contribution in [-0.2, 0) is 32.1 Å². The van der Waals surface area contributed by atoms with E-state index in [1.807, 2.05) is 51.1 Å². The van der Waals surface area contributed by atoms with Crippen molar-refractivity contribution < 1.29 is 29.0 Å². The van der Waals surface area contributed by atoms with Gasteiger partial charge in [-0.25, -0.2) is 0 Å². The smallest absolute Gasteiger partial charge is 0.244 e. The van der Waals surface area contributed by atoms with Gasteiger partial charge in [-0.1, -0.05) is 54.6 Å². The number of nitrogens with one attached hydrogen (secondary N) is 1. The number of aliphatic hydroxyl groups excluding tert-OH is 1. The number of likely N-dealkylation sites (tertiary alicyclic amines) is 1. The van der Waals surface area contributed by atoms with E-state index in [1.165, 1.54) is 0 Å². The molecular formula is C34H45N3O6. The van der Waals surface area contributed by atoms with Gasteiger partial charge in [-0.05, 0) is 51.2 Å². The van der Waals surface area contributed by atoms with Crippen molar-refractivity contribution in [2.75, 3.05) is 26.2 Å². The quantitative estimate of drug-likeness (QED) is 0.287. The summed E-state index contributed by atoms with van der Waals surface area (Å²) in [6.07, 6.45) is 2.45. The molecule has 0 spiro atoms. The van der Waals surface area contributed by atoms with Crippen LogP contribution in [-0.4, -0.2) is 88.3 Å². The maximum absolute atomic E-state index is 14.0. The number of piperidine rings is 1. The first-order chi connectivity index (χ1) is 20.5. The normalized spacial score (nSPS) is 19.3. The Morgan fingerprint density at radius 1 is 0.977 bits per heavy atom. The van der Waals surface area contributed by atoms with E-state index in [9.17, 15) is 24.3 Å². The number of carbonyl (C=O) groups excluding carboxylic acids is 4. The summed E-state index contributed by atoms with van der Waals surface area (Å²) < 4.78 is 6.05. The van der Waals surface area contributed by atoms with Gasteiger partial charge < -0.3 is 29.8 Å². The highest BCUT2D eigenvalue weighted by molar-refractivity contribution is 5.98. The highest BCUT2D eigenvalue weighted by atomic mass is 16.5. The summed E-state index contributed by atoms with van der Waals surface area (Å²) in [5, 5.41) is 12.9. The zero-order valence-electron chi connectivity index (χ0n) is 25.6. The third kappa shape index (κ3) is 9.05. The fraction of sp³-hybridized carbons (Fsp3) is 0.529. The predicted molar refractivity (Wildman–Crippen MR) is 163 cm³/mol. The van der Waals surface area contributed by atoms with Crippen LogP contribution in [0.2, 0.25) is 0 Å². The zero-order chi connectivity index (χ0) is 31.0. The Kier molecular flexibility index (Phi) is 10.9. The Balaban J connectivity index is 1.52. The minimum Gasteiger partial charge on any atom is -0.393 e. The molecule has 2 aromatic rings. The summed E-state index contributed by atoms with van der Waals surface area (Å²) in [6, 6.07) is 15.7. The molecule has 2 amide bonds. The standard InChI is InChI=1S/C34H45N3O6/c1-33(2,3)43-24-34(23-38,17-20-36-18-15-28(39)16-19-36)35-32(42)29-21-26-11-7-8-12-27(26)22-37(29)31(41)14-13-30(40)25-9-5-4-6-10-25/h4-12,23,28-29,39H,13-22,24H2,1-3H3,(H,35,42)/t29-,34-/m0/s1. The van der Waals surface area contributed by atoms with Crippen molar-refractivity contribution in [1.82, 2.24) is 15.1 Å². The van der Waals surface area contributed by atoms with E-state index >= 15 is 0 Å². The molecule has 0 aliphatic carbocycles. The molecule has 0 bridgehead atoms. The zero-order valence-corrected chi connectivity index (χ0v) is 25.6. The second-order valence-corrected chi connectivity index (χ2v) is 12.8. The van der Waals surface area contributed by atoms with Crippen molar-refractivity contribution >= 4 is 23.9 Å². The van der Waals surface area contributed by atoms with Gasteiger partial charge in [0.05, 0.1) is 18.3 Å². The summed E-state index contributed by atoms with van der Waals surface area (Å²) in [6.45, 7) is 7.90. The first-order valence-corrected chi connectivity index (χ1v) is 15.3. The molecule has 232 valence electrons. The van der Waals surface area contributed by atoms with Gasteiger partial charge in [0.2, 0.25) is 11.8 Å². The van der Waals surface area contributed by atoms with Gasteiger partial charge in [-0.2, -0.15) is 0 Å². The third-order valence-electron chi connectivity index (χ3n) is 8.32. The molecule has 1 saturated heterocycles. The number of fused-ring (bicyclic) bond motifs is 1. The lowest BCUT2D eigenvalue weighted by Gasteiger charge is -2.40. The van der Waals surface area contributed by atoms with E-state index in [0.717, 1.165) is 17.4 Å². The van der Waals surface area contributed by atoms with E-state index in [2.05, 4.69) is 10.2 Å². The van der Waals surface area contributed by atoms with Gasteiger partial charge in [-0.15, -0.1) is 0 Å². The fourth-order valence-corrected chi connectivity index (χ4v) is 5.62. The van der Waals surface area contributed by atoms with Gasteiger partial charge in [0, 0.05) is 51.0 Å². The molecule has 2 aliphatic heterocycles. The summed E-state index contributed by atoms with van der Waals surface area (Å²) in [4.78, 5) is 56.8. The largest absolute Gasteiger partial charge is 0.393 e. The van der Waals surface area contributed by atoms with Crippen molar-refractivity contribution in [3.05, 3.63) is 71.3 Å². The van der Waals surface area contributed by atoms with Gasteiger partial charge in [0.1, 0.15) is 17.9 Å². The number of carbonyl (C=O) groups is 4. The number of benzene rings is 2. The van der Waals surface area contributed by atoms with Crippen LogP contribution in [0.15, 0.2) is 54.6 Å². The van der Waals surface area contributed by atoms with Crippen LogP contribution in [0, 0.1) is 0 Å². The second kappa shape index (κ2) is 14.4. The Bertz CT molecular complexity index is 1270. The molecular weight excluding hydrogens is 546 g/mol. The lowest BCUT2D eigenvalue weighted by atomic mass is 9.91. The third-order valence-corrected chi connectivity index (χ3v) is 8.32. The Hall–Kier alpha value is -3.40. The number of ketones is 1. The van der Waals surface area contributed by atoms with E-state index in [1.54, 1.807) is 29.2 Å². The first-order valence-electron chi connectivity index (χ1n) is 15.3. The number of hydrogen-bond acceptors (Lipinski definition) is 7. The molecule has 2 N–H and O–H groups in total. The maximum Gasteiger partial charge on any atom is 0.244 e. The molecule has 2 aliphatic rings. The molecule has 2 heterocycles. The summed E-state index contributed by atoms with van der Waals surface area (Å²) in [5.41, 5.74) is 0.646. The Morgan fingerprint density at radius 2 is 1.63 bits per heavy atom. The molecule has 0 unspecified atom stereocenters. The van der Waals surface area contributed by atoms with Crippen LogP contribution in [0.25, 0.3) is 0 Å². The molecule has 9 heteroatoms. The number of aldehydes is 1. The van der Waals surface area contributed by atoms with Crippen LogP contribution >= 0.6 is 0 Å². The number of nitrogens with zero attached hydrogens (tertiary/aromatic N) is 2. The van der Waals surface area contributed by atoms with E-state index < -0.39 is 23.1 Å². The minimum atomic E-state index is -1.30. The molecule has 0 saturated carbocycles. The average molecular weight is 592 g/mol. The van der Waals surface area contributed by atoms with E-state index in [-0.39, 0.29) is 43.8 Å². The van der Waals surface area contributed by atoms with Crippen molar-refractivity contribution in [1.29, 1.82) is 0 Å². The Morgan fingerprint density at radius 3 is 2.28 bits per heavy atom. The van der Waals surface area contributed by atoms with Crippen LogP contribution < -0.4 is 5.32 Å². The minimum absolute atomic E-state index is 0.00889. The number of aliphatic hydroxyl groups is 1. The first kappa shape index (κ1) is 32.5. The van der Waals surface area contributed by atoms with Gasteiger partial charge in [-0.3, -0.25) is 14.4 Å². The van der Waals surface area contributed by atoms with Crippen molar-refractivity contribution in [3.63, 3.8) is 0 Å². The second-order valence-electron chi connectivity index (χ2n) is 12.8. The lowest BCUT2D eigenvalue weighted by molar-refractivity contribution is -0.144. The number of hydrogen-bond donors (Lipinski definition) is 2. The topological polar surface area (TPSA) is 116 Å². The maximum atomic E-state index is 14.0. The average Bonchev–Trinajstić information content (AvgIpc) is 3.01. The summed E-state index contributed by atoms with van der Waals surface area (Å²) >= 11 is 0. The number of ether oxygens (including phenoxy) is 1. The van der Waals surface area contributed by atoms with E-state index in [0.29, 0.717) is 50.9 Å². The van der Waals surface area contributed by atoms with E-state index in [4.69, 9.17) is 4.74 Å². The molecule has 4 rings (SSSR count). The molecule has 2 aromatic carbocycles. The van der Waals surface area contributed by atoms with Crippen molar-refractivity contribution in [3.8, 4) is 0 Å². The highest BCUT2D eigenvalue weighted by Crippen LogP contribution is 2.26. The summed E-state index contributed by atoms with van der Waals surface area (Å²) in [5.74, 6) is -0.832. The molecule has 1 fully saturated rings. The van der Waals surface area contributed by atoms with Crippen LogP contribution in [0.4, 0.5) is 0 Å². The SMILES string of the molecule is CC(C)(C)OC[C@@](C=O)(CCN1CCC(O)CC1)NC(=O)[C@@H]1Cc2ccccc2CN1C(=O)CCC(=O)c1ccccc1. The monoisotopic (exact) mass is 591 g/mol. The summed E-state index contributed by atoms with van der Waals surface area (Å²) in [7, 11) is 0. The number of rotatable bonds is 12. The lowest BCUT2D eigenvalue weighted by Crippen LogP contribution is -2.61. The van der Waals surface area contributed by atoms with Crippen molar-refractivity contribution in [2.24, 2.45) is 0 Å². The molecule has 43 heavy (non-hydrogen) atoms. The molecule has 9 nitrogen and oxygen atoms in total. The molecule has 0 aromatic heterocycles. The van der Waals surface area contributed by atoms with Crippen molar-refractivity contribution in [2.45, 2.75) is 89.1 Å². The van der Waals surface area contributed by atoms with Gasteiger partial charge >= 0.3 is 0 Å². The molecule has 2 atom stereocenters. The predicted octanol–water partition coefficient (Wildman–Crippen LogP) is 3.32. The van der Waals surface area contributed by atoms with Gasteiger partial charge in [0.15, 0.2) is 5.78 Å². The van der Waals surface area contributed by atoms with Crippen LogP contribution in [0.1, 0.15) is 74.4 Å². The molecule has 0 radical (unpaired) electrons. The Labute approximate surface area is 254 Å². The highest BCUT2D eigenvalue weighted by Gasteiger charge is 2.40. The van der Waals surface area contributed by atoms with Gasteiger partial charge in [0.25, 0.3) is 0 Å².